The summed E-state index contributed by atoms with van der Waals surface area (Å²) in [6.45, 7) is 0. The van der Waals surface area contributed by atoms with Crippen LogP contribution in [0.5, 0.6) is 0 Å². The van der Waals surface area contributed by atoms with Crippen LogP contribution >= 0.6 is 0 Å². The van der Waals surface area contributed by atoms with Crippen molar-refractivity contribution >= 4 is 9.84 Å². The molecule has 1 aliphatic rings. The molecule has 6 heteroatoms. The highest BCUT2D eigenvalue weighted by atomic mass is 32.2. The quantitative estimate of drug-likeness (QED) is 0.824. The van der Waals surface area contributed by atoms with Gasteiger partial charge in [0, 0.05) is 0 Å². The molecule has 3 atom stereocenters. The lowest BCUT2D eigenvalue weighted by atomic mass is 9.87. The molecule has 0 spiro atoms. The van der Waals surface area contributed by atoms with Gasteiger partial charge in [0.25, 0.3) is 0 Å². The third-order valence-electron chi connectivity index (χ3n) is 3.65. The van der Waals surface area contributed by atoms with E-state index in [4.69, 9.17) is 5.73 Å². The smallest absolute Gasteiger partial charge is 0.194 e. The Labute approximate surface area is 112 Å². The Hall–Kier alpha value is -0.980. The molecule has 0 amide bonds. The average molecular weight is 287 g/mol. The van der Waals surface area contributed by atoms with E-state index in [0.29, 0.717) is 19.3 Å². The number of aliphatic hydroxyl groups excluding tert-OH is 1. The van der Waals surface area contributed by atoms with Crippen LogP contribution in [0.1, 0.15) is 25.7 Å². The average Bonchev–Trinajstić information content (AvgIpc) is 2.38. The summed E-state index contributed by atoms with van der Waals surface area (Å²) in [6, 6.07) is 4.66. The minimum atomic E-state index is -3.68. The first-order valence-electron chi connectivity index (χ1n) is 6.34. The largest absolute Gasteiger partial charge is 0.393 e. The first-order valence-corrected chi connectivity index (χ1v) is 7.89. The fourth-order valence-corrected chi connectivity index (χ4v) is 4.12. The molecule has 0 aromatic heterocycles. The fraction of sp³-hybridized carbons (Fsp3) is 0.538. The van der Waals surface area contributed by atoms with Crippen molar-refractivity contribution in [3.63, 3.8) is 0 Å². The first kappa shape index (κ1) is 14.4. The van der Waals surface area contributed by atoms with Crippen molar-refractivity contribution in [1.82, 2.24) is 0 Å². The standard InChI is InChI=1S/C13H18FNO3S/c14-10-4-6-12(7-5-10)19(17,18)13(15)9-2-1-3-11(16)8-9/h4-7,9,11,13,16H,1-3,8,15H2. The SMILES string of the molecule is NC(C1CCCC(O)C1)S(=O)(=O)c1ccc(F)cc1. The minimum Gasteiger partial charge on any atom is -0.393 e. The maximum Gasteiger partial charge on any atom is 0.194 e. The summed E-state index contributed by atoms with van der Waals surface area (Å²) >= 11 is 0. The second-order valence-electron chi connectivity index (χ2n) is 5.04. The van der Waals surface area contributed by atoms with E-state index in [9.17, 15) is 17.9 Å². The highest BCUT2D eigenvalue weighted by molar-refractivity contribution is 7.92. The Morgan fingerprint density at radius 1 is 1.26 bits per heavy atom. The molecular weight excluding hydrogens is 269 g/mol. The molecule has 19 heavy (non-hydrogen) atoms. The fourth-order valence-electron chi connectivity index (χ4n) is 2.53. The van der Waals surface area contributed by atoms with Gasteiger partial charge >= 0.3 is 0 Å². The molecule has 2 rings (SSSR count). The van der Waals surface area contributed by atoms with E-state index in [1.165, 1.54) is 12.1 Å². The molecule has 3 unspecified atom stereocenters. The number of halogens is 1. The summed E-state index contributed by atoms with van der Waals surface area (Å²) in [7, 11) is -3.68. The maximum absolute atomic E-state index is 12.8. The number of hydrogen-bond acceptors (Lipinski definition) is 4. The number of sulfone groups is 1. The van der Waals surface area contributed by atoms with Gasteiger partial charge in [0.2, 0.25) is 0 Å². The van der Waals surface area contributed by atoms with Gasteiger partial charge in [-0.25, -0.2) is 12.8 Å². The van der Waals surface area contributed by atoms with Crippen LogP contribution in [0.2, 0.25) is 0 Å². The second-order valence-corrected chi connectivity index (χ2v) is 7.15. The number of benzene rings is 1. The van der Waals surface area contributed by atoms with Gasteiger partial charge in [-0.3, -0.25) is 0 Å². The number of rotatable bonds is 3. The van der Waals surface area contributed by atoms with Crippen LogP contribution in [-0.4, -0.2) is 25.0 Å². The lowest BCUT2D eigenvalue weighted by molar-refractivity contribution is 0.0998. The highest BCUT2D eigenvalue weighted by Crippen LogP contribution is 2.30. The summed E-state index contributed by atoms with van der Waals surface area (Å²) in [5, 5.41) is 8.55. The van der Waals surface area contributed by atoms with Crippen LogP contribution in [0.15, 0.2) is 29.2 Å². The maximum atomic E-state index is 12.8. The summed E-state index contributed by atoms with van der Waals surface area (Å²) in [5.41, 5.74) is 5.87. The third kappa shape index (κ3) is 3.13. The lowest BCUT2D eigenvalue weighted by Gasteiger charge is -2.30. The third-order valence-corrected chi connectivity index (χ3v) is 5.68. The van der Waals surface area contributed by atoms with Crippen LogP contribution in [0.3, 0.4) is 0 Å². The normalized spacial score (nSPS) is 26.1. The van der Waals surface area contributed by atoms with Gasteiger partial charge in [0.15, 0.2) is 9.84 Å². The molecule has 0 bridgehead atoms. The molecule has 0 heterocycles. The molecule has 4 nitrogen and oxygen atoms in total. The molecule has 3 N–H and O–H groups in total. The highest BCUT2D eigenvalue weighted by Gasteiger charge is 2.34. The zero-order valence-corrected chi connectivity index (χ0v) is 11.3. The van der Waals surface area contributed by atoms with Gasteiger partial charge < -0.3 is 10.8 Å². The van der Waals surface area contributed by atoms with E-state index >= 15 is 0 Å². The predicted octanol–water partition coefficient (Wildman–Crippen LogP) is 1.44. The Bertz CT molecular complexity index is 529. The monoisotopic (exact) mass is 287 g/mol. The van der Waals surface area contributed by atoms with Gasteiger partial charge in [-0.05, 0) is 49.4 Å². The van der Waals surface area contributed by atoms with E-state index in [0.717, 1.165) is 18.6 Å². The lowest BCUT2D eigenvalue weighted by Crippen LogP contribution is -2.41. The zero-order chi connectivity index (χ0) is 14.0. The van der Waals surface area contributed by atoms with E-state index in [1.54, 1.807) is 0 Å². The van der Waals surface area contributed by atoms with Gasteiger partial charge in [-0.1, -0.05) is 6.42 Å². The Kier molecular flexibility index (Phi) is 4.23. The van der Waals surface area contributed by atoms with E-state index < -0.39 is 27.1 Å². The zero-order valence-electron chi connectivity index (χ0n) is 10.5. The van der Waals surface area contributed by atoms with Gasteiger partial charge in [0.1, 0.15) is 11.2 Å². The summed E-state index contributed by atoms with van der Waals surface area (Å²) in [5.74, 6) is -0.737. The van der Waals surface area contributed by atoms with E-state index in [2.05, 4.69) is 0 Å². The molecular formula is C13H18FNO3S. The molecule has 1 fully saturated rings. The van der Waals surface area contributed by atoms with Crippen molar-refractivity contribution in [3.8, 4) is 0 Å². The summed E-state index contributed by atoms with van der Waals surface area (Å²) in [4.78, 5) is 0.0291. The van der Waals surface area contributed by atoms with Crippen molar-refractivity contribution < 1.29 is 17.9 Å². The van der Waals surface area contributed by atoms with Crippen molar-refractivity contribution in [1.29, 1.82) is 0 Å². The van der Waals surface area contributed by atoms with E-state index in [-0.39, 0.29) is 10.8 Å². The van der Waals surface area contributed by atoms with Gasteiger partial charge in [0.05, 0.1) is 11.0 Å². The first-order chi connectivity index (χ1) is 8.91. The molecule has 0 radical (unpaired) electrons. The topological polar surface area (TPSA) is 80.4 Å². The van der Waals surface area contributed by atoms with Crippen molar-refractivity contribution in [2.24, 2.45) is 11.7 Å². The molecule has 0 aliphatic heterocycles. The Morgan fingerprint density at radius 2 is 1.89 bits per heavy atom. The molecule has 106 valence electrons. The van der Waals surface area contributed by atoms with E-state index in [1.807, 2.05) is 0 Å². The number of aliphatic hydroxyl groups is 1. The van der Waals surface area contributed by atoms with Crippen LogP contribution in [0, 0.1) is 11.7 Å². The molecule has 1 saturated carbocycles. The second kappa shape index (κ2) is 5.56. The summed E-state index contributed by atoms with van der Waals surface area (Å²) in [6.07, 6.45) is 2.09. The van der Waals surface area contributed by atoms with Crippen molar-refractivity contribution in [3.05, 3.63) is 30.1 Å². The van der Waals surface area contributed by atoms with Crippen LogP contribution in [0.4, 0.5) is 4.39 Å². The Morgan fingerprint density at radius 3 is 2.47 bits per heavy atom. The van der Waals surface area contributed by atoms with Gasteiger partial charge in [-0.15, -0.1) is 0 Å². The van der Waals surface area contributed by atoms with Crippen LogP contribution < -0.4 is 5.73 Å². The van der Waals surface area contributed by atoms with Crippen molar-refractivity contribution in [2.45, 2.75) is 42.1 Å². The Balaban J connectivity index is 2.21. The van der Waals surface area contributed by atoms with Crippen molar-refractivity contribution in [2.75, 3.05) is 0 Å². The summed E-state index contributed by atoms with van der Waals surface area (Å²) < 4.78 is 37.5. The molecule has 1 aliphatic carbocycles. The molecule has 1 aromatic rings. The molecule has 1 aromatic carbocycles. The van der Waals surface area contributed by atoms with Crippen LogP contribution in [-0.2, 0) is 9.84 Å². The number of hydrogen-bond donors (Lipinski definition) is 2. The number of nitrogens with two attached hydrogens (primary N) is 1. The van der Waals surface area contributed by atoms with Gasteiger partial charge in [-0.2, -0.15) is 0 Å². The predicted molar refractivity (Wildman–Crippen MR) is 69.5 cm³/mol. The van der Waals surface area contributed by atoms with Crippen LogP contribution in [0.25, 0.3) is 0 Å². The minimum absolute atomic E-state index is 0.0291. The molecule has 0 saturated heterocycles.